The summed E-state index contributed by atoms with van der Waals surface area (Å²) < 4.78 is 4.55. The van der Waals surface area contributed by atoms with Crippen LogP contribution >= 0.6 is 0 Å². The number of nitrogens with one attached hydrogen (secondary N) is 2. The second-order valence-corrected chi connectivity index (χ2v) is 6.38. The highest BCUT2D eigenvalue weighted by atomic mass is 16.5. The molecule has 124 valence electrons. The fraction of sp³-hybridized carbons (Fsp3) is 0.412. The molecule has 2 aromatic rings. The van der Waals surface area contributed by atoms with Crippen molar-refractivity contribution in [3.63, 3.8) is 0 Å². The molecule has 0 spiro atoms. The number of carbonyl (C=O) groups excluding carboxylic acids is 1. The molecule has 0 unspecified atom stereocenters. The van der Waals surface area contributed by atoms with Gasteiger partial charge in [-0.05, 0) is 45.4 Å². The number of fused-ring (bicyclic) bond motifs is 1. The molecule has 4 N–H and O–H groups in total. The van der Waals surface area contributed by atoms with Crippen LogP contribution in [0, 0.1) is 0 Å². The molecule has 0 aromatic carbocycles. The summed E-state index contributed by atoms with van der Waals surface area (Å²) in [6.45, 7) is 7.90. The van der Waals surface area contributed by atoms with Gasteiger partial charge in [0.1, 0.15) is 11.2 Å². The van der Waals surface area contributed by atoms with Crippen molar-refractivity contribution < 1.29 is 9.53 Å². The Bertz CT molecular complexity index is 698. The number of rotatable bonds is 2. The van der Waals surface area contributed by atoms with Gasteiger partial charge in [0.15, 0.2) is 0 Å². The molecule has 23 heavy (non-hydrogen) atoms. The van der Waals surface area contributed by atoms with Gasteiger partial charge in [-0.15, -0.1) is 0 Å². The van der Waals surface area contributed by atoms with Gasteiger partial charge in [-0.1, -0.05) is 6.08 Å². The van der Waals surface area contributed by atoms with Crippen molar-refractivity contribution in [2.45, 2.75) is 32.8 Å². The zero-order valence-corrected chi connectivity index (χ0v) is 13.8. The van der Waals surface area contributed by atoms with E-state index in [0.717, 1.165) is 30.5 Å². The van der Waals surface area contributed by atoms with Crippen LogP contribution in [-0.4, -0.2) is 35.1 Å². The molecule has 0 amide bonds. The first-order valence-electron chi connectivity index (χ1n) is 7.65. The van der Waals surface area contributed by atoms with Gasteiger partial charge in [-0.2, -0.15) is 0 Å². The number of hydrogen-bond acceptors (Lipinski definition) is 5. The number of pyridine rings is 1. The van der Waals surface area contributed by atoms with E-state index in [1.165, 1.54) is 11.1 Å². The number of H-pyrrole nitrogens is 1. The summed E-state index contributed by atoms with van der Waals surface area (Å²) in [5, 5.41) is 4.43. The normalized spacial score (nSPS) is 14.7. The molecule has 6 heteroatoms. The van der Waals surface area contributed by atoms with E-state index in [-0.39, 0.29) is 5.60 Å². The highest BCUT2D eigenvalue weighted by Gasteiger charge is 2.11. The minimum Gasteiger partial charge on any atom is -0.462 e. The molecule has 2 aromatic heterocycles. The number of ether oxygens (including phenoxy) is 1. The van der Waals surface area contributed by atoms with E-state index in [0.29, 0.717) is 12.2 Å². The largest absolute Gasteiger partial charge is 0.462 e. The van der Waals surface area contributed by atoms with E-state index in [2.05, 4.69) is 26.1 Å². The van der Waals surface area contributed by atoms with Crippen molar-refractivity contribution >= 4 is 28.8 Å². The third-order valence-corrected chi connectivity index (χ3v) is 3.36. The van der Waals surface area contributed by atoms with E-state index < -0.39 is 0 Å². The number of nitrogens with two attached hydrogens (primary N) is 1. The lowest BCUT2D eigenvalue weighted by atomic mass is 10.0. The fourth-order valence-corrected chi connectivity index (χ4v) is 2.30. The Morgan fingerprint density at radius 3 is 2.74 bits per heavy atom. The Balaban J connectivity index is 0.000000236. The summed E-state index contributed by atoms with van der Waals surface area (Å²) in [5.41, 5.74) is 9.68. The zero-order valence-electron chi connectivity index (χ0n) is 13.8. The van der Waals surface area contributed by atoms with Crippen LogP contribution in [0.3, 0.4) is 0 Å². The predicted molar refractivity (Wildman–Crippen MR) is 92.9 cm³/mol. The van der Waals surface area contributed by atoms with Crippen molar-refractivity contribution in [2.75, 3.05) is 18.8 Å². The maximum atomic E-state index is 9.60. The molecular weight excluding hydrogens is 292 g/mol. The van der Waals surface area contributed by atoms with Crippen molar-refractivity contribution in [2.24, 2.45) is 0 Å². The molecule has 1 aliphatic rings. The minimum absolute atomic E-state index is 0.318. The average Bonchev–Trinajstić information content (AvgIpc) is 2.90. The van der Waals surface area contributed by atoms with E-state index in [1.54, 1.807) is 6.20 Å². The first kappa shape index (κ1) is 17.0. The molecule has 3 heterocycles. The third kappa shape index (κ3) is 4.82. The average molecular weight is 316 g/mol. The second-order valence-electron chi connectivity index (χ2n) is 6.38. The number of nitrogens with zero attached hydrogens (tertiary/aromatic N) is 1. The van der Waals surface area contributed by atoms with Crippen LogP contribution in [0.15, 0.2) is 24.5 Å². The van der Waals surface area contributed by atoms with Gasteiger partial charge in [0.25, 0.3) is 6.47 Å². The Kier molecular flexibility index (Phi) is 5.39. The number of anilines is 1. The molecule has 3 rings (SSSR count). The van der Waals surface area contributed by atoms with Gasteiger partial charge < -0.3 is 20.8 Å². The summed E-state index contributed by atoms with van der Waals surface area (Å²) in [4.78, 5) is 17.1. The topological polar surface area (TPSA) is 93.0 Å². The Labute approximate surface area is 136 Å². The van der Waals surface area contributed by atoms with Crippen LogP contribution in [0.1, 0.15) is 32.8 Å². The van der Waals surface area contributed by atoms with Crippen LogP contribution < -0.4 is 11.1 Å². The van der Waals surface area contributed by atoms with Crippen molar-refractivity contribution in [3.8, 4) is 0 Å². The van der Waals surface area contributed by atoms with E-state index in [1.807, 2.05) is 33.0 Å². The highest BCUT2D eigenvalue weighted by molar-refractivity contribution is 5.92. The SMILES string of the molecule is CC(C)(C)OC=O.Nc1cnc2[nH]cc(C3=CCNCC3)c2c1. The number of aromatic amines is 1. The van der Waals surface area contributed by atoms with Crippen molar-refractivity contribution in [1.82, 2.24) is 15.3 Å². The maximum Gasteiger partial charge on any atom is 0.293 e. The first-order valence-corrected chi connectivity index (χ1v) is 7.65. The number of carbonyl (C=O) groups is 1. The third-order valence-electron chi connectivity index (χ3n) is 3.36. The van der Waals surface area contributed by atoms with Gasteiger partial charge in [-0.3, -0.25) is 4.79 Å². The Hall–Kier alpha value is -2.34. The predicted octanol–water partition coefficient (Wildman–Crippen LogP) is 2.48. The Morgan fingerprint density at radius 1 is 1.39 bits per heavy atom. The quantitative estimate of drug-likeness (QED) is 0.740. The molecule has 0 fully saturated rings. The molecule has 0 atom stereocenters. The van der Waals surface area contributed by atoms with E-state index in [4.69, 9.17) is 5.73 Å². The van der Waals surface area contributed by atoms with E-state index >= 15 is 0 Å². The summed E-state index contributed by atoms with van der Waals surface area (Å²) >= 11 is 0. The van der Waals surface area contributed by atoms with Crippen LogP contribution in [0.5, 0.6) is 0 Å². The molecule has 0 radical (unpaired) electrons. The van der Waals surface area contributed by atoms with Crippen LogP contribution in [-0.2, 0) is 9.53 Å². The Morgan fingerprint density at radius 2 is 2.17 bits per heavy atom. The van der Waals surface area contributed by atoms with Crippen molar-refractivity contribution in [1.29, 1.82) is 0 Å². The first-order chi connectivity index (χ1) is 10.9. The van der Waals surface area contributed by atoms with Crippen LogP contribution in [0.2, 0.25) is 0 Å². The van der Waals surface area contributed by atoms with E-state index in [9.17, 15) is 4.79 Å². The lowest BCUT2D eigenvalue weighted by Crippen LogP contribution is -2.19. The summed E-state index contributed by atoms with van der Waals surface area (Å²) in [6.07, 6.45) is 6.99. The summed E-state index contributed by atoms with van der Waals surface area (Å²) in [7, 11) is 0. The molecule has 0 saturated heterocycles. The zero-order chi connectivity index (χ0) is 16.9. The van der Waals surface area contributed by atoms with Crippen molar-refractivity contribution in [3.05, 3.63) is 30.1 Å². The second kappa shape index (κ2) is 7.28. The molecule has 0 saturated carbocycles. The highest BCUT2D eigenvalue weighted by Crippen LogP contribution is 2.27. The van der Waals surface area contributed by atoms with Gasteiger partial charge in [0.2, 0.25) is 0 Å². The molecule has 6 nitrogen and oxygen atoms in total. The lowest BCUT2D eigenvalue weighted by Gasteiger charge is -2.14. The van der Waals surface area contributed by atoms with Gasteiger partial charge in [-0.25, -0.2) is 4.98 Å². The molecular formula is C17H24N4O2. The number of hydrogen-bond donors (Lipinski definition) is 3. The number of nitrogen functional groups attached to an aromatic ring is 1. The molecule has 0 bridgehead atoms. The lowest BCUT2D eigenvalue weighted by molar-refractivity contribution is -0.138. The molecule has 0 aliphatic carbocycles. The molecule has 1 aliphatic heterocycles. The summed E-state index contributed by atoms with van der Waals surface area (Å²) in [6, 6.07) is 1.98. The summed E-state index contributed by atoms with van der Waals surface area (Å²) in [5.74, 6) is 0. The van der Waals surface area contributed by atoms with Gasteiger partial charge in [0.05, 0.1) is 11.9 Å². The minimum atomic E-state index is -0.318. The smallest absolute Gasteiger partial charge is 0.293 e. The monoisotopic (exact) mass is 316 g/mol. The van der Waals surface area contributed by atoms with Crippen LogP contribution in [0.25, 0.3) is 16.6 Å². The maximum absolute atomic E-state index is 9.60. The van der Waals surface area contributed by atoms with Gasteiger partial charge >= 0.3 is 0 Å². The van der Waals surface area contributed by atoms with Crippen LogP contribution in [0.4, 0.5) is 5.69 Å². The number of aromatic nitrogens is 2. The fourth-order valence-electron chi connectivity index (χ4n) is 2.30. The standard InChI is InChI=1S/C12H14N4.C5H10O2/c13-9-5-10-11(7-16-12(10)15-6-9)8-1-3-14-4-2-8;1-5(2,3)7-4-6/h1,5-7,14H,2-4,13H2,(H,15,16);4H,1-3H3. The van der Waals surface area contributed by atoms with Gasteiger partial charge in [0, 0.05) is 23.7 Å².